The molecule has 11 N–H and O–H groups in total. The number of carboxylic acid groups (broad SMARTS) is 2. The van der Waals surface area contributed by atoms with Crippen LogP contribution in [0.15, 0.2) is 24.3 Å². The van der Waals surface area contributed by atoms with Crippen molar-refractivity contribution in [2.75, 3.05) is 13.2 Å². The quantitative estimate of drug-likeness (QED) is 0.115. The minimum absolute atomic E-state index is 0.0252. The van der Waals surface area contributed by atoms with Crippen LogP contribution in [-0.4, -0.2) is 149 Å². The number of aromatic hydroxyl groups is 1. The van der Waals surface area contributed by atoms with E-state index in [4.69, 9.17) is 18.9 Å². The first-order valence-corrected chi connectivity index (χ1v) is 13.9. The lowest BCUT2D eigenvalue weighted by atomic mass is 9.90. The number of carbonyl (C=O) groups is 2. The van der Waals surface area contributed by atoms with Crippen molar-refractivity contribution in [3.05, 3.63) is 35.4 Å². The van der Waals surface area contributed by atoms with Gasteiger partial charge in [0.25, 0.3) is 0 Å². The van der Waals surface area contributed by atoms with Crippen LogP contribution in [0.2, 0.25) is 0 Å². The summed E-state index contributed by atoms with van der Waals surface area (Å²) < 4.78 is 22.2. The molecule has 0 spiro atoms. The molecule has 0 radical (unpaired) electrons. The third-order valence-electron chi connectivity index (χ3n) is 8.01. The molecule has 2 fully saturated rings. The van der Waals surface area contributed by atoms with Crippen molar-refractivity contribution < 1.29 is 84.7 Å². The molecule has 2 aliphatic heterocycles. The predicted molar refractivity (Wildman–Crippen MR) is 146 cm³/mol. The molecule has 45 heavy (non-hydrogen) atoms. The van der Waals surface area contributed by atoms with Crippen LogP contribution in [0, 0.1) is 5.92 Å². The van der Waals surface area contributed by atoms with Gasteiger partial charge in [-0.05, 0) is 6.92 Å². The standard InChI is InChI=1S/C28H36O17/c1-9(25(38)39)13(30)6-12-16(26(40)41)17(31)10-4-2-3-5-11(10)24(12)45-28-23(37)21(35)19(33)15(44-28)8-42-27-22(36)20(34)18(32)14(7-29)43-27/h2-5,9,13-15,18-23,27-37H,6-8H2,1H3,(H,38,39)(H,40,41)/t9-,13+,14+,15+,18+,19+,20-,21-,22+,23+,27+,28-/m0/s1. The van der Waals surface area contributed by atoms with Crippen LogP contribution >= 0.6 is 0 Å². The van der Waals surface area contributed by atoms with Gasteiger partial charge in [0.15, 0.2) is 6.29 Å². The van der Waals surface area contributed by atoms with Gasteiger partial charge in [-0.15, -0.1) is 0 Å². The Labute approximate surface area is 254 Å². The van der Waals surface area contributed by atoms with Crippen molar-refractivity contribution in [3.8, 4) is 11.5 Å². The second-order valence-corrected chi connectivity index (χ2v) is 10.9. The number of aliphatic hydroxyl groups excluding tert-OH is 8. The molecule has 12 atom stereocenters. The SMILES string of the molecule is C[C@H](C(=O)O)[C@H](O)Cc1c(C(=O)O)c(O)c2ccccc2c1O[C@@H]1O[C@H](CO[C@@H]2O[C@H](CO)[C@@H](O)[C@H](O)[C@H]2O)[C@@H](O)[C@H](O)[C@H]1O. The first kappa shape index (κ1) is 34.7. The average molecular weight is 645 g/mol. The number of phenols is 1. The number of benzene rings is 2. The van der Waals surface area contributed by atoms with E-state index in [0.29, 0.717) is 0 Å². The van der Waals surface area contributed by atoms with E-state index in [1.807, 2.05) is 0 Å². The van der Waals surface area contributed by atoms with E-state index < -0.39 is 116 Å². The molecular weight excluding hydrogens is 608 g/mol. The van der Waals surface area contributed by atoms with E-state index in [1.165, 1.54) is 31.2 Å². The zero-order valence-electron chi connectivity index (χ0n) is 23.7. The minimum atomic E-state index is -1.97. The Morgan fingerprint density at radius 3 is 1.98 bits per heavy atom. The maximum absolute atomic E-state index is 12.3. The number of ether oxygens (including phenoxy) is 4. The topological polar surface area (TPSA) is 294 Å². The van der Waals surface area contributed by atoms with Gasteiger partial charge in [-0.3, -0.25) is 4.79 Å². The lowest BCUT2D eigenvalue weighted by Gasteiger charge is -2.42. The van der Waals surface area contributed by atoms with Gasteiger partial charge in [0, 0.05) is 22.8 Å². The minimum Gasteiger partial charge on any atom is -0.506 e. The van der Waals surface area contributed by atoms with Crippen LogP contribution < -0.4 is 4.74 Å². The molecule has 0 aliphatic carbocycles. The molecule has 0 unspecified atom stereocenters. The number of hydrogen-bond acceptors (Lipinski definition) is 15. The Kier molecular flexibility index (Phi) is 10.8. The highest BCUT2D eigenvalue weighted by Gasteiger charge is 2.48. The molecular formula is C28H36O17. The van der Waals surface area contributed by atoms with Crippen LogP contribution in [0.3, 0.4) is 0 Å². The number of aliphatic hydroxyl groups is 8. The van der Waals surface area contributed by atoms with Gasteiger partial charge < -0.3 is 75.1 Å². The summed E-state index contributed by atoms with van der Waals surface area (Å²) in [4.78, 5) is 23.8. The second-order valence-electron chi connectivity index (χ2n) is 10.9. The maximum atomic E-state index is 12.3. The Morgan fingerprint density at radius 2 is 1.40 bits per heavy atom. The molecule has 0 amide bonds. The summed E-state index contributed by atoms with van der Waals surface area (Å²) >= 11 is 0. The third-order valence-corrected chi connectivity index (χ3v) is 8.01. The Bertz CT molecular complexity index is 1370. The molecule has 2 aliphatic rings. The lowest BCUT2D eigenvalue weighted by Crippen LogP contribution is -2.62. The summed E-state index contributed by atoms with van der Waals surface area (Å²) in [5.74, 6) is -5.48. The van der Waals surface area contributed by atoms with Crippen molar-refractivity contribution in [2.24, 2.45) is 5.92 Å². The van der Waals surface area contributed by atoms with Gasteiger partial charge in [0.05, 0.1) is 25.2 Å². The van der Waals surface area contributed by atoms with Crippen molar-refractivity contribution in [1.29, 1.82) is 0 Å². The highest BCUT2D eigenvalue weighted by Crippen LogP contribution is 2.42. The van der Waals surface area contributed by atoms with Crippen molar-refractivity contribution in [3.63, 3.8) is 0 Å². The summed E-state index contributed by atoms with van der Waals surface area (Å²) in [5, 5.41) is 112. The van der Waals surface area contributed by atoms with Crippen LogP contribution in [0.1, 0.15) is 22.8 Å². The second kappa shape index (κ2) is 14.1. The normalized spacial score (nSPS) is 33.4. The Hall–Kier alpha value is -3.20. The van der Waals surface area contributed by atoms with Gasteiger partial charge in [0.2, 0.25) is 6.29 Å². The number of carboxylic acids is 2. The molecule has 2 saturated heterocycles. The highest BCUT2D eigenvalue weighted by atomic mass is 16.7. The molecule has 2 aromatic rings. The number of aromatic carboxylic acids is 1. The first-order chi connectivity index (χ1) is 21.2. The highest BCUT2D eigenvalue weighted by molar-refractivity contribution is 6.05. The van der Waals surface area contributed by atoms with E-state index >= 15 is 0 Å². The van der Waals surface area contributed by atoms with Crippen molar-refractivity contribution in [2.45, 2.75) is 80.9 Å². The summed E-state index contributed by atoms with van der Waals surface area (Å²) in [5.41, 5.74) is -1.08. The van der Waals surface area contributed by atoms with Crippen LogP contribution in [0.5, 0.6) is 11.5 Å². The summed E-state index contributed by atoms with van der Waals surface area (Å²) in [6.07, 6.45) is -19.6. The van der Waals surface area contributed by atoms with Gasteiger partial charge in [-0.25, -0.2) is 4.79 Å². The van der Waals surface area contributed by atoms with E-state index in [1.54, 1.807) is 0 Å². The smallest absolute Gasteiger partial charge is 0.339 e. The molecule has 2 heterocycles. The Balaban J connectivity index is 1.68. The molecule has 0 aromatic heterocycles. The van der Waals surface area contributed by atoms with E-state index in [9.17, 15) is 65.8 Å². The fourth-order valence-electron chi connectivity index (χ4n) is 5.21. The number of aliphatic carboxylic acids is 1. The molecule has 0 saturated carbocycles. The molecule has 4 rings (SSSR count). The van der Waals surface area contributed by atoms with Crippen LogP contribution in [-0.2, 0) is 25.4 Å². The fourth-order valence-corrected chi connectivity index (χ4v) is 5.21. The van der Waals surface area contributed by atoms with Crippen molar-refractivity contribution >= 4 is 22.7 Å². The van der Waals surface area contributed by atoms with Crippen LogP contribution in [0.25, 0.3) is 10.8 Å². The number of hydrogen-bond donors (Lipinski definition) is 11. The molecule has 17 nitrogen and oxygen atoms in total. The monoisotopic (exact) mass is 644 g/mol. The number of rotatable bonds is 11. The summed E-state index contributed by atoms with van der Waals surface area (Å²) in [6.45, 7) is -0.234. The summed E-state index contributed by atoms with van der Waals surface area (Å²) in [7, 11) is 0. The first-order valence-electron chi connectivity index (χ1n) is 13.9. The molecule has 0 bridgehead atoms. The molecule has 250 valence electrons. The zero-order chi connectivity index (χ0) is 33.3. The Morgan fingerprint density at radius 1 is 0.844 bits per heavy atom. The number of fused-ring (bicyclic) bond motifs is 1. The van der Waals surface area contributed by atoms with E-state index in [-0.39, 0.29) is 22.1 Å². The summed E-state index contributed by atoms with van der Waals surface area (Å²) in [6, 6.07) is 5.75. The largest absolute Gasteiger partial charge is 0.506 e. The fraction of sp³-hybridized carbons (Fsp3) is 0.571. The maximum Gasteiger partial charge on any atom is 0.339 e. The third kappa shape index (κ3) is 6.83. The molecule has 17 heteroatoms. The van der Waals surface area contributed by atoms with Gasteiger partial charge in [-0.1, -0.05) is 24.3 Å². The van der Waals surface area contributed by atoms with E-state index in [0.717, 1.165) is 0 Å². The molecule has 2 aromatic carbocycles. The van der Waals surface area contributed by atoms with Gasteiger partial charge in [0.1, 0.15) is 65.9 Å². The predicted octanol–water partition coefficient (Wildman–Crippen LogP) is -3.13. The lowest BCUT2D eigenvalue weighted by molar-refractivity contribution is -0.323. The van der Waals surface area contributed by atoms with Crippen LogP contribution in [0.4, 0.5) is 0 Å². The van der Waals surface area contributed by atoms with Gasteiger partial charge in [-0.2, -0.15) is 0 Å². The van der Waals surface area contributed by atoms with E-state index in [2.05, 4.69) is 0 Å². The van der Waals surface area contributed by atoms with Crippen molar-refractivity contribution in [1.82, 2.24) is 0 Å². The average Bonchev–Trinajstić information content (AvgIpc) is 3.01. The van der Waals surface area contributed by atoms with Gasteiger partial charge >= 0.3 is 11.9 Å². The zero-order valence-corrected chi connectivity index (χ0v) is 23.7.